The summed E-state index contributed by atoms with van der Waals surface area (Å²) in [5.41, 5.74) is 1.30. The Morgan fingerprint density at radius 3 is 2.63 bits per heavy atom. The van der Waals surface area contributed by atoms with Crippen LogP contribution in [0, 0.1) is 0 Å². The zero-order chi connectivity index (χ0) is 13.7. The molecule has 0 aliphatic carbocycles. The average molecular weight is 265 g/mol. The Labute approximate surface area is 115 Å². The van der Waals surface area contributed by atoms with Gasteiger partial charge in [0.25, 0.3) is 0 Å². The molecule has 4 nitrogen and oxygen atoms in total. The fourth-order valence-corrected chi connectivity index (χ4v) is 2.74. The average Bonchev–Trinajstić information content (AvgIpc) is 2.92. The predicted molar refractivity (Wildman–Crippen MR) is 75.0 cm³/mol. The van der Waals surface area contributed by atoms with Crippen LogP contribution in [0.4, 0.5) is 0 Å². The summed E-state index contributed by atoms with van der Waals surface area (Å²) in [7, 11) is 5.10. The van der Waals surface area contributed by atoms with Gasteiger partial charge < -0.3 is 14.2 Å². The molecular weight excluding hydrogens is 242 g/mol. The predicted octanol–water partition coefficient (Wildman–Crippen LogP) is 2.49. The van der Waals surface area contributed by atoms with Crippen molar-refractivity contribution in [2.75, 3.05) is 41.0 Å². The molecule has 1 heterocycles. The molecule has 0 bridgehead atoms. The summed E-state index contributed by atoms with van der Waals surface area (Å²) in [6, 6.07) is 6.68. The van der Waals surface area contributed by atoms with Gasteiger partial charge in [-0.3, -0.25) is 4.90 Å². The molecule has 1 saturated heterocycles. The zero-order valence-electron chi connectivity index (χ0n) is 12.0. The lowest BCUT2D eigenvalue weighted by Gasteiger charge is -2.25. The van der Waals surface area contributed by atoms with Crippen molar-refractivity contribution in [3.8, 4) is 11.5 Å². The summed E-state index contributed by atoms with van der Waals surface area (Å²) in [6.45, 7) is 2.90. The molecule has 1 fully saturated rings. The molecule has 4 heteroatoms. The Bertz CT molecular complexity index is 408. The van der Waals surface area contributed by atoms with E-state index in [-0.39, 0.29) is 0 Å². The van der Waals surface area contributed by atoms with Crippen LogP contribution in [0.2, 0.25) is 0 Å². The lowest BCUT2D eigenvalue weighted by molar-refractivity contribution is 0.141. The minimum absolute atomic E-state index is 0.468. The smallest absolute Gasteiger partial charge is 0.161 e. The van der Waals surface area contributed by atoms with Gasteiger partial charge in [0.2, 0.25) is 0 Å². The van der Waals surface area contributed by atoms with Crippen molar-refractivity contribution in [1.29, 1.82) is 0 Å². The maximum atomic E-state index is 5.38. The van der Waals surface area contributed by atoms with Crippen LogP contribution >= 0.6 is 0 Å². The van der Waals surface area contributed by atoms with E-state index < -0.39 is 0 Å². The van der Waals surface area contributed by atoms with Gasteiger partial charge in [0.15, 0.2) is 11.5 Å². The van der Waals surface area contributed by atoms with Crippen LogP contribution in [0.3, 0.4) is 0 Å². The molecule has 1 aliphatic heterocycles. The molecule has 1 aromatic rings. The van der Waals surface area contributed by atoms with Gasteiger partial charge in [-0.25, -0.2) is 0 Å². The van der Waals surface area contributed by atoms with Gasteiger partial charge in [0.05, 0.1) is 20.8 Å². The Kier molecular flexibility index (Phi) is 5.05. The molecule has 0 amide bonds. The monoisotopic (exact) mass is 265 g/mol. The molecule has 0 spiro atoms. The van der Waals surface area contributed by atoms with Crippen molar-refractivity contribution in [3.63, 3.8) is 0 Å². The summed E-state index contributed by atoms with van der Waals surface area (Å²) in [4.78, 5) is 2.48. The first-order valence-electron chi connectivity index (χ1n) is 6.75. The molecule has 0 aromatic heterocycles. The molecule has 19 heavy (non-hydrogen) atoms. The van der Waals surface area contributed by atoms with Crippen LogP contribution in [-0.2, 0) is 4.74 Å². The van der Waals surface area contributed by atoms with E-state index in [9.17, 15) is 0 Å². The van der Waals surface area contributed by atoms with Crippen LogP contribution in [-0.4, -0.2) is 45.9 Å². The van der Waals surface area contributed by atoms with Gasteiger partial charge in [-0.2, -0.15) is 0 Å². The highest BCUT2D eigenvalue weighted by atomic mass is 16.5. The van der Waals surface area contributed by atoms with Gasteiger partial charge in [-0.15, -0.1) is 0 Å². The molecule has 106 valence electrons. The third-order valence-corrected chi connectivity index (χ3v) is 3.74. The number of benzene rings is 1. The fourth-order valence-electron chi connectivity index (χ4n) is 2.74. The van der Waals surface area contributed by atoms with E-state index in [4.69, 9.17) is 14.2 Å². The van der Waals surface area contributed by atoms with Crippen molar-refractivity contribution in [2.45, 2.75) is 18.9 Å². The molecule has 0 radical (unpaired) electrons. The van der Waals surface area contributed by atoms with Gasteiger partial charge >= 0.3 is 0 Å². The molecule has 0 N–H and O–H groups in total. The minimum Gasteiger partial charge on any atom is -0.493 e. The van der Waals surface area contributed by atoms with Crippen molar-refractivity contribution < 1.29 is 14.2 Å². The van der Waals surface area contributed by atoms with Crippen LogP contribution < -0.4 is 9.47 Å². The largest absolute Gasteiger partial charge is 0.493 e. The molecule has 1 atom stereocenters. The van der Waals surface area contributed by atoms with E-state index in [0.29, 0.717) is 6.04 Å². The van der Waals surface area contributed by atoms with Crippen molar-refractivity contribution in [3.05, 3.63) is 23.8 Å². The Balaban J connectivity index is 2.16. The first-order chi connectivity index (χ1) is 9.30. The van der Waals surface area contributed by atoms with Crippen LogP contribution in [0.25, 0.3) is 0 Å². The minimum atomic E-state index is 0.468. The van der Waals surface area contributed by atoms with E-state index in [1.807, 2.05) is 6.07 Å². The number of ether oxygens (including phenoxy) is 3. The quantitative estimate of drug-likeness (QED) is 0.790. The van der Waals surface area contributed by atoms with E-state index in [1.54, 1.807) is 21.3 Å². The molecule has 1 aromatic carbocycles. The van der Waals surface area contributed by atoms with Crippen molar-refractivity contribution >= 4 is 0 Å². The van der Waals surface area contributed by atoms with Gasteiger partial charge in [-0.05, 0) is 37.1 Å². The first-order valence-corrected chi connectivity index (χ1v) is 6.75. The van der Waals surface area contributed by atoms with Crippen molar-refractivity contribution in [1.82, 2.24) is 4.90 Å². The lowest BCUT2D eigenvalue weighted by atomic mass is 10.0. The van der Waals surface area contributed by atoms with Gasteiger partial charge in [-0.1, -0.05) is 6.07 Å². The fraction of sp³-hybridized carbons (Fsp3) is 0.600. The second-order valence-electron chi connectivity index (χ2n) is 4.80. The normalized spacial score (nSPS) is 19.6. The highest BCUT2D eigenvalue weighted by Crippen LogP contribution is 2.36. The summed E-state index contributed by atoms with van der Waals surface area (Å²) in [5, 5.41) is 0. The number of nitrogens with zero attached hydrogens (tertiary/aromatic N) is 1. The number of likely N-dealkylation sites (tertiary alicyclic amines) is 1. The Morgan fingerprint density at radius 2 is 1.95 bits per heavy atom. The maximum absolute atomic E-state index is 5.38. The lowest BCUT2D eigenvalue weighted by Crippen LogP contribution is -2.27. The Morgan fingerprint density at radius 1 is 1.16 bits per heavy atom. The topological polar surface area (TPSA) is 30.9 Å². The summed E-state index contributed by atoms with van der Waals surface area (Å²) in [6.07, 6.45) is 2.43. The number of hydrogen-bond acceptors (Lipinski definition) is 4. The van der Waals surface area contributed by atoms with E-state index in [0.717, 1.165) is 31.2 Å². The molecule has 0 saturated carbocycles. The highest BCUT2D eigenvalue weighted by Gasteiger charge is 2.26. The third kappa shape index (κ3) is 3.19. The SMILES string of the molecule is COCCN1CCC[C@H]1c1ccc(OC)c(OC)c1. The summed E-state index contributed by atoms with van der Waals surface area (Å²) < 4.78 is 15.9. The zero-order valence-corrected chi connectivity index (χ0v) is 12.0. The summed E-state index contributed by atoms with van der Waals surface area (Å²) in [5.74, 6) is 1.59. The Hall–Kier alpha value is -1.26. The molecule has 1 aliphatic rings. The maximum Gasteiger partial charge on any atom is 0.161 e. The third-order valence-electron chi connectivity index (χ3n) is 3.74. The second kappa shape index (κ2) is 6.78. The molecule has 0 unspecified atom stereocenters. The first kappa shape index (κ1) is 14.2. The van der Waals surface area contributed by atoms with Crippen LogP contribution in [0.5, 0.6) is 11.5 Å². The number of methoxy groups -OCH3 is 3. The van der Waals surface area contributed by atoms with E-state index in [1.165, 1.54) is 18.4 Å². The van der Waals surface area contributed by atoms with Gasteiger partial charge in [0.1, 0.15) is 0 Å². The second-order valence-corrected chi connectivity index (χ2v) is 4.80. The number of rotatable bonds is 6. The molecular formula is C15H23NO3. The molecule has 2 rings (SSSR count). The van der Waals surface area contributed by atoms with Crippen LogP contribution in [0.15, 0.2) is 18.2 Å². The van der Waals surface area contributed by atoms with Crippen molar-refractivity contribution in [2.24, 2.45) is 0 Å². The van der Waals surface area contributed by atoms with E-state index >= 15 is 0 Å². The highest BCUT2D eigenvalue weighted by molar-refractivity contribution is 5.44. The standard InChI is InChI=1S/C15H23NO3/c1-17-10-9-16-8-4-5-13(16)12-6-7-14(18-2)15(11-12)19-3/h6-7,11,13H,4-5,8-10H2,1-3H3/t13-/m0/s1. The van der Waals surface area contributed by atoms with Crippen LogP contribution in [0.1, 0.15) is 24.4 Å². The summed E-state index contributed by atoms with van der Waals surface area (Å²) >= 11 is 0. The van der Waals surface area contributed by atoms with Gasteiger partial charge in [0, 0.05) is 19.7 Å². The number of hydrogen-bond donors (Lipinski definition) is 0. The van der Waals surface area contributed by atoms with E-state index in [2.05, 4.69) is 17.0 Å².